The molecule has 10 heteroatoms. The molecule has 0 aliphatic rings. The molecule has 0 saturated heterocycles. The number of nitrogens with one attached hydrogen (secondary N) is 4. The number of nitrogens with zero attached hydrogens (tertiary/aromatic N) is 5. The van der Waals surface area contributed by atoms with E-state index in [4.69, 9.17) is 0 Å². The van der Waals surface area contributed by atoms with Gasteiger partial charge >= 0.3 is 0 Å². The zero-order valence-corrected chi connectivity index (χ0v) is 16.6. The Bertz CT molecular complexity index is 1170. The normalized spacial score (nSPS) is 10.2. The van der Waals surface area contributed by atoms with Gasteiger partial charge in [-0.25, -0.2) is 4.98 Å². The van der Waals surface area contributed by atoms with Crippen LogP contribution in [-0.4, -0.2) is 30.8 Å². The summed E-state index contributed by atoms with van der Waals surface area (Å²) in [6, 6.07) is 16.4. The van der Waals surface area contributed by atoms with Gasteiger partial charge in [0, 0.05) is 29.8 Å². The van der Waals surface area contributed by atoms with Gasteiger partial charge < -0.3 is 10.6 Å². The zero-order valence-electron chi connectivity index (χ0n) is 16.6. The Hall–Kier alpha value is -4.60. The highest BCUT2D eigenvalue weighted by Crippen LogP contribution is 2.18. The van der Waals surface area contributed by atoms with Crippen LogP contribution in [0.5, 0.6) is 0 Å². The van der Waals surface area contributed by atoms with Gasteiger partial charge in [0.1, 0.15) is 5.82 Å². The molecular formula is C21H19N9O. The lowest BCUT2D eigenvalue weighted by atomic mass is 10.2. The van der Waals surface area contributed by atoms with Crippen molar-refractivity contribution in [3.63, 3.8) is 0 Å². The van der Waals surface area contributed by atoms with Crippen molar-refractivity contribution < 1.29 is 4.79 Å². The molecule has 0 spiro atoms. The number of carbonyl (C=O) groups is 1. The molecule has 3 heterocycles. The first kappa shape index (κ1) is 19.7. The average Bonchev–Trinajstić information content (AvgIpc) is 2.79. The molecule has 0 saturated carbocycles. The van der Waals surface area contributed by atoms with Crippen molar-refractivity contribution in [3.8, 4) is 0 Å². The van der Waals surface area contributed by atoms with Gasteiger partial charge in [0.15, 0.2) is 0 Å². The molecule has 0 aliphatic carbocycles. The summed E-state index contributed by atoms with van der Waals surface area (Å²) < 4.78 is 0. The number of amides is 1. The molecule has 4 rings (SSSR count). The second-order valence-corrected chi connectivity index (χ2v) is 6.46. The Kier molecular flexibility index (Phi) is 5.89. The molecule has 0 atom stereocenters. The van der Waals surface area contributed by atoms with E-state index in [0.717, 1.165) is 11.3 Å². The number of aryl methyl sites for hydroxylation is 1. The molecule has 1 amide bonds. The molecular weight excluding hydrogens is 394 g/mol. The maximum atomic E-state index is 12.3. The lowest BCUT2D eigenvalue weighted by Crippen LogP contribution is -2.30. The third-order valence-electron chi connectivity index (χ3n) is 4.04. The van der Waals surface area contributed by atoms with Crippen molar-refractivity contribution in [2.45, 2.75) is 6.92 Å². The molecule has 4 aromatic rings. The zero-order chi connectivity index (χ0) is 21.5. The third kappa shape index (κ3) is 5.48. The topological polar surface area (TPSA) is 130 Å². The summed E-state index contributed by atoms with van der Waals surface area (Å²) in [5, 5.41) is 6.17. The van der Waals surface area contributed by atoms with Gasteiger partial charge in [-0.15, -0.1) is 0 Å². The smallest absolute Gasteiger partial charge is 0.269 e. The Morgan fingerprint density at radius 2 is 1.58 bits per heavy atom. The number of benzene rings is 1. The van der Waals surface area contributed by atoms with E-state index >= 15 is 0 Å². The molecule has 154 valence electrons. The summed E-state index contributed by atoms with van der Waals surface area (Å²) >= 11 is 0. The van der Waals surface area contributed by atoms with Crippen molar-refractivity contribution in [1.29, 1.82) is 0 Å². The van der Waals surface area contributed by atoms with Crippen LogP contribution in [-0.2, 0) is 0 Å². The van der Waals surface area contributed by atoms with Crippen LogP contribution >= 0.6 is 0 Å². The number of hydrogen-bond acceptors (Lipinski definition) is 9. The Balaban J connectivity index is 1.56. The Morgan fingerprint density at radius 1 is 0.806 bits per heavy atom. The van der Waals surface area contributed by atoms with Gasteiger partial charge in [-0.2, -0.15) is 15.0 Å². The maximum Gasteiger partial charge on any atom is 0.269 e. The average molecular weight is 413 g/mol. The van der Waals surface area contributed by atoms with E-state index in [1.54, 1.807) is 24.4 Å². The standard InChI is InChI=1S/C21H19N9O/c1-14-5-4-6-16(13-14)24-19-26-20(25-17-7-2-3-10-23-17)28-21(27-19)30-29-18(31)15-8-11-22-12-9-15/h2-13H,1H3,(H,29,31)(H3,23,24,25,26,27,28,30). The monoisotopic (exact) mass is 413 g/mol. The van der Waals surface area contributed by atoms with Gasteiger partial charge in [0.05, 0.1) is 0 Å². The van der Waals surface area contributed by atoms with Crippen LogP contribution in [0.4, 0.5) is 29.4 Å². The Morgan fingerprint density at radius 3 is 2.32 bits per heavy atom. The fraction of sp³-hybridized carbons (Fsp3) is 0.0476. The number of pyridine rings is 2. The number of aromatic nitrogens is 5. The number of carbonyl (C=O) groups excluding carboxylic acids is 1. The minimum Gasteiger partial charge on any atom is -0.324 e. The second kappa shape index (κ2) is 9.27. The van der Waals surface area contributed by atoms with Crippen molar-refractivity contribution in [3.05, 3.63) is 84.3 Å². The van der Waals surface area contributed by atoms with E-state index in [9.17, 15) is 4.79 Å². The molecule has 31 heavy (non-hydrogen) atoms. The molecule has 0 radical (unpaired) electrons. The quantitative estimate of drug-likeness (QED) is 0.337. The highest BCUT2D eigenvalue weighted by molar-refractivity contribution is 5.94. The van der Waals surface area contributed by atoms with E-state index in [2.05, 4.69) is 46.4 Å². The molecule has 10 nitrogen and oxygen atoms in total. The number of anilines is 5. The van der Waals surface area contributed by atoms with E-state index < -0.39 is 0 Å². The van der Waals surface area contributed by atoms with Crippen LogP contribution in [0.1, 0.15) is 15.9 Å². The minimum atomic E-state index is -0.352. The SMILES string of the molecule is Cc1cccc(Nc2nc(NNC(=O)c3ccncc3)nc(Nc3ccccn3)n2)c1. The second-order valence-electron chi connectivity index (χ2n) is 6.46. The van der Waals surface area contributed by atoms with Crippen molar-refractivity contribution in [2.75, 3.05) is 16.1 Å². The first-order chi connectivity index (χ1) is 15.2. The molecule has 0 bridgehead atoms. The van der Waals surface area contributed by atoms with Gasteiger partial charge in [0.25, 0.3) is 5.91 Å². The highest BCUT2D eigenvalue weighted by Gasteiger charge is 2.10. The largest absolute Gasteiger partial charge is 0.324 e. The van der Waals surface area contributed by atoms with Crippen LogP contribution in [0.25, 0.3) is 0 Å². The predicted octanol–water partition coefficient (Wildman–Crippen LogP) is 3.21. The van der Waals surface area contributed by atoms with Crippen LogP contribution in [0.2, 0.25) is 0 Å². The summed E-state index contributed by atoms with van der Waals surface area (Å²) in [5.41, 5.74) is 7.65. The van der Waals surface area contributed by atoms with Crippen LogP contribution in [0.15, 0.2) is 73.2 Å². The van der Waals surface area contributed by atoms with Crippen molar-refractivity contribution in [2.24, 2.45) is 0 Å². The third-order valence-corrected chi connectivity index (χ3v) is 4.04. The summed E-state index contributed by atoms with van der Waals surface area (Å²) in [4.78, 5) is 33.4. The number of rotatable bonds is 7. The van der Waals surface area contributed by atoms with Gasteiger partial charge in [-0.1, -0.05) is 18.2 Å². The first-order valence-corrected chi connectivity index (χ1v) is 9.40. The molecule has 1 aromatic carbocycles. The van der Waals surface area contributed by atoms with E-state index in [-0.39, 0.29) is 17.8 Å². The molecule has 0 aliphatic heterocycles. The van der Waals surface area contributed by atoms with E-state index in [0.29, 0.717) is 17.3 Å². The van der Waals surface area contributed by atoms with E-state index in [1.165, 1.54) is 12.4 Å². The predicted molar refractivity (Wildman–Crippen MR) is 117 cm³/mol. The highest BCUT2D eigenvalue weighted by atomic mass is 16.2. The molecule has 0 unspecified atom stereocenters. The molecule has 0 fully saturated rings. The fourth-order valence-corrected chi connectivity index (χ4v) is 2.63. The fourth-order valence-electron chi connectivity index (χ4n) is 2.63. The van der Waals surface area contributed by atoms with Gasteiger partial charge in [-0.3, -0.25) is 20.6 Å². The van der Waals surface area contributed by atoms with Gasteiger partial charge in [0.2, 0.25) is 17.8 Å². The summed E-state index contributed by atoms with van der Waals surface area (Å²) in [6.07, 6.45) is 4.73. The van der Waals surface area contributed by atoms with Crippen LogP contribution < -0.4 is 21.5 Å². The lowest BCUT2D eigenvalue weighted by Gasteiger charge is -2.12. The van der Waals surface area contributed by atoms with Crippen molar-refractivity contribution >= 4 is 35.3 Å². The number of hydrazine groups is 1. The first-order valence-electron chi connectivity index (χ1n) is 9.40. The minimum absolute atomic E-state index is 0.144. The van der Waals surface area contributed by atoms with E-state index in [1.807, 2.05) is 43.3 Å². The summed E-state index contributed by atoms with van der Waals surface area (Å²) in [6.45, 7) is 1.99. The van der Waals surface area contributed by atoms with Crippen molar-refractivity contribution in [1.82, 2.24) is 30.3 Å². The number of hydrogen-bond donors (Lipinski definition) is 4. The van der Waals surface area contributed by atoms with Gasteiger partial charge in [-0.05, 0) is 48.9 Å². The summed E-state index contributed by atoms with van der Waals surface area (Å²) in [5.74, 6) is 0.910. The summed E-state index contributed by atoms with van der Waals surface area (Å²) in [7, 11) is 0. The van der Waals surface area contributed by atoms with Crippen LogP contribution in [0, 0.1) is 6.92 Å². The molecule has 3 aromatic heterocycles. The maximum absolute atomic E-state index is 12.3. The van der Waals surface area contributed by atoms with Crippen LogP contribution in [0.3, 0.4) is 0 Å². The molecule has 4 N–H and O–H groups in total. The Labute approximate surface area is 178 Å². The lowest BCUT2D eigenvalue weighted by molar-refractivity contribution is 0.0962.